The van der Waals surface area contributed by atoms with Crippen LogP contribution in [-0.4, -0.2) is 42.1 Å². The second kappa shape index (κ2) is 7.04. The lowest BCUT2D eigenvalue weighted by atomic mass is 9.64. The number of likely N-dealkylation sites (tertiary alicyclic amines) is 1. The number of nitrogens with zero attached hydrogens (tertiary/aromatic N) is 6. The number of urea groups is 1. The largest absolute Gasteiger partial charge is 0.418 e. The third kappa shape index (κ3) is 3.21. The van der Waals surface area contributed by atoms with Crippen LogP contribution in [-0.2, 0) is 11.7 Å². The zero-order valence-electron chi connectivity index (χ0n) is 17.3. The lowest BCUT2D eigenvalue weighted by Gasteiger charge is -2.61. The minimum Gasteiger partial charge on any atom is -0.337 e. The molecule has 1 N–H and O–H groups in total. The second-order valence-electron chi connectivity index (χ2n) is 8.43. The van der Waals surface area contributed by atoms with Crippen molar-refractivity contribution in [1.29, 1.82) is 0 Å². The number of carbonyl (C=O) groups is 1. The molecule has 2 unspecified atom stereocenters. The standard InChI is InChI=1S/C20H20F3N7O2/c1-11-7-14-10-19(9-11,17-26-12(2)28-32-17)29(14)18(31)27-13-3-4-15(20(21,22)23)16(8-13)30-24-5-6-25-30/h3-6,8,11,14H,7,9-10H2,1-2H3,(H,27,31)/t11-,14?,19?/m1/s1. The molecular formula is C20H20F3N7O2. The van der Waals surface area contributed by atoms with E-state index in [0.29, 0.717) is 30.5 Å². The van der Waals surface area contributed by atoms with Crippen molar-refractivity contribution in [3.8, 4) is 5.69 Å². The average Bonchev–Trinajstić information content (AvgIpc) is 3.38. The summed E-state index contributed by atoms with van der Waals surface area (Å²) >= 11 is 0. The van der Waals surface area contributed by atoms with Gasteiger partial charge in [0.15, 0.2) is 5.82 Å². The summed E-state index contributed by atoms with van der Waals surface area (Å²) in [6.45, 7) is 3.82. The van der Waals surface area contributed by atoms with E-state index in [-0.39, 0.29) is 17.4 Å². The van der Waals surface area contributed by atoms with Crippen LogP contribution in [0.4, 0.5) is 23.7 Å². The molecule has 2 aliphatic rings. The molecule has 1 aliphatic carbocycles. The van der Waals surface area contributed by atoms with E-state index < -0.39 is 23.3 Å². The van der Waals surface area contributed by atoms with E-state index >= 15 is 0 Å². The van der Waals surface area contributed by atoms with E-state index in [4.69, 9.17) is 4.52 Å². The second-order valence-corrected chi connectivity index (χ2v) is 8.43. The summed E-state index contributed by atoms with van der Waals surface area (Å²) in [4.78, 5) is 20.2. The van der Waals surface area contributed by atoms with Crippen LogP contribution in [0.15, 0.2) is 35.1 Å². The molecular weight excluding hydrogens is 427 g/mol. The minimum atomic E-state index is -4.60. The molecule has 0 radical (unpaired) electrons. The van der Waals surface area contributed by atoms with Crippen molar-refractivity contribution in [3.05, 3.63) is 47.9 Å². The highest BCUT2D eigenvalue weighted by molar-refractivity contribution is 5.91. The quantitative estimate of drug-likeness (QED) is 0.653. The summed E-state index contributed by atoms with van der Waals surface area (Å²) in [5.41, 5.74) is -1.68. The first-order valence-electron chi connectivity index (χ1n) is 10.2. The van der Waals surface area contributed by atoms with Crippen LogP contribution in [0.25, 0.3) is 5.69 Å². The third-order valence-electron chi connectivity index (χ3n) is 6.09. The molecule has 2 amide bonds. The maximum Gasteiger partial charge on any atom is 0.418 e. The van der Waals surface area contributed by atoms with Crippen LogP contribution in [0.1, 0.15) is 43.5 Å². The van der Waals surface area contributed by atoms with E-state index in [1.54, 1.807) is 11.8 Å². The third-order valence-corrected chi connectivity index (χ3v) is 6.09. The number of hydrogen-bond donors (Lipinski definition) is 1. The molecule has 1 aromatic carbocycles. The number of nitrogens with one attached hydrogen (secondary N) is 1. The van der Waals surface area contributed by atoms with Crippen molar-refractivity contribution in [2.45, 2.75) is 50.9 Å². The Morgan fingerprint density at radius 2 is 2.00 bits per heavy atom. The maximum absolute atomic E-state index is 13.5. The number of benzene rings is 1. The first-order chi connectivity index (χ1) is 15.2. The number of hydrogen-bond acceptors (Lipinski definition) is 6. The SMILES string of the molecule is Cc1noc(C23CC(C[C@@H](C)C2)N3C(=O)Nc2ccc(C(F)(F)F)c(-n3nccn3)c2)n1. The average molecular weight is 447 g/mol. The fourth-order valence-corrected chi connectivity index (χ4v) is 4.97. The number of rotatable bonds is 3. The molecule has 9 nitrogen and oxygen atoms in total. The molecule has 1 saturated carbocycles. The van der Waals surface area contributed by atoms with Gasteiger partial charge in [0.05, 0.1) is 23.6 Å². The fourth-order valence-electron chi connectivity index (χ4n) is 4.97. The summed E-state index contributed by atoms with van der Waals surface area (Å²) in [6, 6.07) is 2.90. The van der Waals surface area contributed by atoms with Gasteiger partial charge in [0, 0.05) is 18.2 Å². The lowest BCUT2D eigenvalue weighted by Crippen LogP contribution is -2.70. The van der Waals surface area contributed by atoms with Crippen molar-refractivity contribution in [1.82, 2.24) is 30.0 Å². The Labute approximate surface area is 180 Å². The van der Waals surface area contributed by atoms with E-state index in [0.717, 1.165) is 17.3 Å². The molecule has 2 aromatic heterocycles. The summed E-state index contributed by atoms with van der Waals surface area (Å²) < 4.78 is 45.8. The maximum atomic E-state index is 13.5. The molecule has 3 aromatic rings. The van der Waals surface area contributed by atoms with Gasteiger partial charge in [-0.25, -0.2) is 4.79 Å². The van der Waals surface area contributed by atoms with Crippen molar-refractivity contribution < 1.29 is 22.5 Å². The van der Waals surface area contributed by atoms with Gasteiger partial charge in [-0.2, -0.15) is 33.1 Å². The molecule has 5 rings (SSSR count). The Kier molecular flexibility index (Phi) is 4.50. The van der Waals surface area contributed by atoms with Gasteiger partial charge in [-0.05, 0) is 43.9 Å². The number of halogens is 3. The number of piperidine rings is 1. The normalized spacial score (nSPS) is 24.8. The van der Waals surface area contributed by atoms with Gasteiger partial charge in [0.25, 0.3) is 5.89 Å². The van der Waals surface area contributed by atoms with Gasteiger partial charge in [-0.3, -0.25) is 0 Å². The molecule has 168 valence electrons. The van der Waals surface area contributed by atoms with Crippen molar-refractivity contribution >= 4 is 11.7 Å². The van der Waals surface area contributed by atoms with Crippen LogP contribution in [0.2, 0.25) is 0 Å². The highest BCUT2D eigenvalue weighted by Gasteiger charge is 2.62. The summed E-state index contributed by atoms with van der Waals surface area (Å²) in [5.74, 6) is 1.24. The monoisotopic (exact) mass is 447 g/mol. The number of anilines is 1. The number of carbonyl (C=O) groups excluding carboxylic acids is 1. The van der Waals surface area contributed by atoms with Crippen LogP contribution >= 0.6 is 0 Å². The Hall–Kier alpha value is -3.44. The van der Waals surface area contributed by atoms with Gasteiger partial charge in [-0.1, -0.05) is 12.1 Å². The lowest BCUT2D eigenvalue weighted by molar-refractivity contribution is -0.137. The van der Waals surface area contributed by atoms with Crippen molar-refractivity contribution in [2.75, 3.05) is 5.32 Å². The van der Waals surface area contributed by atoms with E-state index in [1.165, 1.54) is 24.5 Å². The number of alkyl halides is 3. The van der Waals surface area contributed by atoms with E-state index in [1.807, 2.05) is 0 Å². The van der Waals surface area contributed by atoms with E-state index in [2.05, 4.69) is 32.6 Å². The molecule has 3 atom stereocenters. The molecule has 2 fully saturated rings. The predicted octanol–water partition coefficient (Wildman–Crippen LogP) is 3.91. The summed E-state index contributed by atoms with van der Waals surface area (Å²) in [7, 11) is 0. The zero-order valence-corrected chi connectivity index (χ0v) is 17.3. The Bertz CT molecular complexity index is 1160. The van der Waals surface area contributed by atoms with Gasteiger partial charge in [0.1, 0.15) is 5.54 Å². The van der Waals surface area contributed by atoms with Crippen LogP contribution in [0.5, 0.6) is 0 Å². The van der Waals surface area contributed by atoms with Crippen LogP contribution in [0.3, 0.4) is 0 Å². The molecule has 1 saturated heterocycles. The van der Waals surface area contributed by atoms with Crippen molar-refractivity contribution in [3.63, 3.8) is 0 Å². The van der Waals surface area contributed by atoms with Crippen LogP contribution < -0.4 is 5.32 Å². The number of amides is 2. The smallest absolute Gasteiger partial charge is 0.337 e. The minimum absolute atomic E-state index is 0.00680. The van der Waals surface area contributed by atoms with Gasteiger partial charge < -0.3 is 14.7 Å². The number of aryl methyl sites for hydroxylation is 1. The molecule has 12 heteroatoms. The van der Waals surface area contributed by atoms with Gasteiger partial charge in [-0.15, -0.1) is 0 Å². The Morgan fingerprint density at radius 3 is 2.66 bits per heavy atom. The number of aromatic nitrogens is 5. The number of fused-ring (bicyclic) bond motifs is 2. The van der Waals surface area contributed by atoms with Gasteiger partial charge in [0.2, 0.25) is 0 Å². The zero-order chi connectivity index (χ0) is 22.7. The molecule has 0 spiro atoms. The highest BCUT2D eigenvalue weighted by atomic mass is 19.4. The fraction of sp³-hybridized carbons (Fsp3) is 0.450. The molecule has 3 heterocycles. The first kappa shape index (κ1) is 20.5. The first-order valence-corrected chi connectivity index (χ1v) is 10.2. The summed E-state index contributed by atoms with van der Waals surface area (Å²) in [6.07, 6.45) is 0.178. The van der Waals surface area contributed by atoms with Crippen molar-refractivity contribution in [2.24, 2.45) is 5.92 Å². The highest BCUT2D eigenvalue weighted by Crippen LogP contribution is 2.55. The van der Waals surface area contributed by atoms with Gasteiger partial charge >= 0.3 is 12.2 Å². The predicted molar refractivity (Wildman–Crippen MR) is 105 cm³/mol. The van der Waals surface area contributed by atoms with Crippen LogP contribution in [0, 0.1) is 12.8 Å². The molecule has 1 aliphatic heterocycles. The Balaban J connectivity index is 1.46. The summed E-state index contributed by atoms with van der Waals surface area (Å²) in [5, 5.41) is 14.2. The van der Waals surface area contributed by atoms with E-state index in [9.17, 15) is 18.0 Å². The molecule has 2 bridgehead atoms. The topological polar surface area (TPSA) is 102 Å². The Morgan fingerprint density at radius 1 is 1.25 bits per heavy atom. The molecule has 32 heavy (non-hydrogen) atoms.